The highest BCUT2D eigenvalue weighted by molar-refractivity contribution is 8.00. The summed E-state index contributed by atoms with van der Waals surface area (Å²) in [6.07, 6.45) is 1.99. The van der Waals surface area contributed by atoms with Crippen LogP contribution in [0.1, 0.15) is 31.1 Å². The van der Waals surface area contributed by atoms with Crippen molar-refractivity contribution in [2.75, 3.05) is 6.26 Å². The molecule has 0 bridgehead atoms. The van der Waals surface area contributed by atoms with Crippen molar-refractivity contribution >= 4 is 20.1 Å². The van der Waals surface area contributed by atoms with Crippen LogP contribution in [0.3, 0.4) is 0 Å². The molecule has 1 aromatic rings. The van der Waals surface area contributed by atoms with Gasteiger partial charge in [0.2, 0.25) is 0 Å². The fraction of sp³-hybridized carbons (Fsp3) is 0.562. The van der Waals surface area contributed by atoms with Gasteiger partial charge in [-0.25, -0.2) is 0 Å². The van der Waals surface area contributed by atoms with Gasteiger partial charge in [-0.15, -0.1) is 11.8 Å². The van der Waals surface area contributed by atoms with Crippen LogP contribution in [-0.4, -0.2) is 25.1 Å². The van der Waals surface area contributed by atoms with Crippen LogP contribution in [0.2, 0.25) is 19.6 Å². The molecular formula is C16H23NO2SSi. The van der Waals surface area contributed by atoms with E-state index in [1.807, 2.05) is 24.3 Å². The fourth-order valence-corrected chi connectivity index (χ4v) is 6.04. The third kappa shape index (κ3) is 2.91. The zero-order valence-electron chi connectivity index (χ0n) is 13.6. The second-order valence-electron chi connectivity index (χ2n) is 6.83. The van der Waals surface area contributed by atoms with E-state index in [0.29, 0.717) is 5.56 Å². The zero-order chi connectivity index (χ0) is 15.9. The van der Waals surface area contributed by atoms with Crippen molar-refractivity contribution in [2.45, 2.75) is 50.1 Å². The molecule has 0 saturated carbocycles. The third-order valence-corrected chi connectivity index (χ3v) is 6.18. The molecule has 21 heavy (non-hydrogen) atoms. The molecule has 0 radical (unpaired) electrons. The second kappa shape index (κ2) is 5.44. The van der Waals surface area contributed by atoms with Gasteiger partial charge in [-0.2, -0.15) is 5.26 Å². The Labute approximate surface area is 132 Å². The molecule has 2 rings (SSSR count). The van der Waals surface area contributed by atoms with Crippen LogP contribution in [0.15, 0.2) is 24.3 Å². The Kier molecular flexibility index (Phi) is 4.29. The molecule has 1 fully saturated rings. The Balaban J connectivity index is 2.37. The average Bonchev–Trinajstić information content (AvgIpc) is 2.41. The molecule has 0 aromatic heterocycles. The number of nitriles is 1. The van der Waals surface area contributed by atoms with Crippen LogP contribution >= 0.6 is 11.8 Å². The van der Waals surface area contributed by atoms with E-state index in [1.54, 1.807) is 11.8 Å². The molecular weight excluding hydrogens is 298 g/mol. The predicted molar refractivity (Wildman–Crippen MR) is 89.7 cm³/mol. The molecule has 0 unspecified atom stereocenters. The maximum absolute atomic E-state index is 8.92. The summed E-state index contributed by atoms with van der Waals surface area (Å²) < 4.78 is 12.7. The lowest BCUT2D eigenvalue weighted by Gasteiger charge is -2.61. The molecule has 1 saturated heterocycles. The number of hydrogen-bond acceptors (Lipinski definition) is 4. The quantitative estimate of drug-likeness (QED) is 0.612. The molecule has 5 heteroatoms. The van der Waals surface area contributed by atoms with Crippen LogP contribution in [0.4, 0.5) is 0 Å². The number of nitrogens with zero attached hydrogens (tertiary/aromatic N) is 1. The molecule has 0 N–H and O–H groups in total. The Morgan fingerprint density at radius 1 is 1.24 bits per heavy atom. The molecule has 3 nitrogen and oxygen atoms in total. The van der Waals surface area contributed by atoms with Crippen LogP contribution < -0.4 is 0 Å². The average molecular weight is 322 g/mol. The van der Waals surface area contributed by atoms with E-state index in [-0.39, 0.29) is 16.6 Å². The Morgan fingerprint density at radius 2 is 1.81 bits per heavy atom. The minimum Gasteiger partial charge on any atom is -0.399 e. The van der Waals surface area contributed by atoms with E-state index >= 15 is 0 Å². The van der Waals surface area contributed by atoms with E-state index < -0.39 is 8.32 Å². The molecule has 1 aliphatic heterocycles. The van der Waals surface area contributed by atoms with Crippen molar-refractivity contribution in [3.63, 3.8) is 0 Å². The minimum absolute atomic E-state index is 0.0954. The Hall–Kier alpha value is -0.803. The molecule has 1 heterocycles. The summed E-state index contributed by atoms with van der Waals surface area (Å²) >= 11 is 1.73. The fourth-order valence-electron chi connectivity index (χ4n) is 2.76. The Morgan fingerprint density at radius 3 is 2.19 bits per heavy atom. The summed E-state index contributed by atoms with van der Waals surface area (Å²) in [6, 6.07) is 9.76. The minimum atomic E-state index is -1.72. The van der Waals surface area contributed by atoms with Crippen molar-refractivity contribution in [1.29, 1.82) is 5.26 Å². The van der Waals surface area contributed by atoms with Crippen molar-refractivity contribution in [2.24, 2.45) is 0 Å². The molecule has 0 aliphatic carbocycles. The smallest absolute Gasteiger partial charge is 0.185 e. The number of rotatable bonds is 4. The standard InChI is InChI=1S/C16H23NO2SSi/c1-15(2)16(20-3,19-21(4,5)6)14(18-15)13-9-7-12(11-17)8-10-13/h7-10,14H,1-6H3/t14-,16+/m1/s1. The van der Waals surface area contributed by atoms with Crippen LogP contribution in [-0.2, 0) is 9.16 Å². The van der Waals surface area contributed by atoms with Crippen LogP contribution in [0.25, 0.3) is 0 Å². The van der Waals surface area contributed by atoms with Crippen molar-refractivity contribution in [3.8, 4) is 6.07 Å². The van der Waals surface area contributed by atoms with Gasteiger partial charge < -0.3 is 9.16 Å². The molecule has 0 spiro atoms. The maximum Gasteiger partial charge on any atom is 0.185 e. The summed E-state index contributed by atoms with van der Waals surface area (Å²) in [5.74, 6) is 0. The second-order valence-corrected chi connectivity index (χ2v) is 12.3. The van der Waals surface area contributed by atoms with Gasteiger partial charge in [0.1, 0.15) is 11.7 Å². The maximum atomic E-state index is 8.92. The number of hydrogen-bond donors (Lipinski definition) is 0. The van der Waals surface area contributed by atoms with E-state index in [0.717, 1.165) is 5.56 Å². The predicted octanol–water partition coefficient (Wildman–Crippen LogP) is 4.32. The molecule has 1 aliphatic rings. The summed E-state index contributed by atoms with van der Waals surface area (Å²) in [5, 5.41) is 8.92. The Bertz CT molecular complexity index is 559. The van der Waals surface area contributed by atoms with Gasteiger partial charge in [0.05, 0.1) is 11.6 Å². The van der Waals surface area contributed by atoms with Gasteiger partial charge in [0.25, 0.3) is 0 Å². The van der Waals surface area contributed by atoms with Crippen LogP contribution in [0.5, 0.6) is 0 Å². The first-order chi connectivity index (χ1) is 9.65. The topological polar surface area (TPSA) is 42.2 Å². The summed E-state index contributed by atoms with van der Waals surface area (Å²) in [4.78, 5) is -0.369. The lowest BCUT2D eigenvalue weighted by atomic mass is 9.84. The van der Waals surface area contributed by atoms with Gasteiger partial charge in [0.15, 0.2) is 13.3 Å². The lowest BCUT2D eigenvalue weighted by Crippen LogP contribution is -2.68. The normalized spacial score (nSPS) is 27.8. The third-order valence-electron chi connectivity index (χ3n) is 3.70. The van der Waals surface area contributed by atoms with E-state index in [2.05, 4.69) is 45.8 Å². The summed E-state index contributed by atoms with van der Waals surface area (Å²) in [5.41, 5.74) is 1.41. The molecule has 0 amide bonds. The highest BCUT2D eigenvalue weighted by Gasteiger charge is 2.65. The summed E-state index contributed by atoms with van der Waals surface area (Å²) in [6.45, 7) is 10.8. The van der Waals surface area contributed by atoms with Gasteiger partial charge in [-0.3, -0.25) is 0 Å². The first-order valence-corrected chi connectivity index (χ1v) is 11.7. The van der Waals surface area contributed by atoms with Crippen molar-refractivity contribution in [1.82, 2.24) is 0 Å². The van der Waals surface area contributed by atoms with Gasteiger partial charge in [0, 0.05) is 0 Å². The van der Waals surface area contributed by atoms with Gasteiger partial charge in [-0.05, 0) is 57.4 Å². The van der Waals surface area contributed by atoms with Gasteiger partial charge in [-0.1, -0.05) is 12.1 Å². The SMILES string of the molecule is CS[C@@]1(O[Si](C)(C)C)[C@@H](c2ccc(C#N)cc2)OC1(C)C. The van der Waals surface area contributed by atoms with Gasteiger partial charge >= 0.3 is 0 Å². The van der Waals surface area contributed by atoms with Crippen molar-refractivity contribution in [3.05, 3.63) is 35.4 Å². The summed E-state index contributed by atoms with van der Waals surface area (Å²) in [7, 11) is -1.72. The van der Waals surface area contributed by atoms with E-state index in [4.69, 9.17) is 14.4 Å². The molecule has 114 valence electrons. The highest BCUT2D eigenvalue weighted by Crippen LogP contribution is 2.60. The first kappa shape index (κ1) is 16.6. The highest BCUT2D eigenvalue weighted by atomic mass is 32.2. The number of thioether (sulfide) groups is 1. The first-order valence-electron chi connectivity index (χ1n) is 7.08. The van der Waals surface area contributed by atoms with E-state index in [1.165, 1.54) is 0 Å². The number of ether oxygens (including phenoxy) is 1. The van der Waals surface area contributed by atoms with Crippen LogP contribution in [0, 0.1) is 11.3 Å². The van der Waals surface area contributed by atoms with E-state index in [9.17, 15) is 0 Å². The zero-order valence-corrected chi connectivity index (χ0v) is 15.4. The van der Waals surface area contributed by atoms with Crippen molar-refractivity contribution < 1.29 is 9.16 Å². The molecule has 2 atom stereocenters. The number of benzene rings is 1. The monoisotopic (exact) mass is 321 g/mol. The molecule has 1 aromatic carbocycles. The largest absolute Gasteiger partial charge is 0.399 e. The lowest BCUT2D eigenvalue weighted by molar-refractivity contribution is -0.289.